The zero-order valence-electron chi connectivity index (χ0n) is 16.5. The van der Waals surface area contributed by atoms with Crippen molar-refractivity contribution in [2.45, 2.75) is 18.7 Å². The van der Waals surface area contributed by atoms with E-state index in [0.717, 1.165) is 17.1 Å². The fourth-order valence-electron chi connectivity index (χ4n) is 2.40. The molecule has 1 heterocycles. The number of sulfone groups is 1. The quantitative estimate of drug-likeness (QED) is 0.408. The summed E-state index contributed by atoms with van der Waals surface area (Å²) in [7, 11) is -3.57. The minimum atomic E-state index is -3.57. The molecule has 158 valence electrons. The number of nitrogens with zero attached hydrogens (tertiary/aromatic N) is 3. The van der Waals surface area contributed by atoms with Gasteiger partial charge in [0.2, 0.25) is 15.0 Å². The molecule has 0 aliphatic rings. The van der Waals surface area contributed by atoms with E-state index in [1.807, 2.05) is 36.4 Å². The van der Waals surface area contributed by atoms with Gasteiger partial charge in [-0.3, -0.25) is 10.1 Å². The van der Waals surface area contributed by atoms with Gasteiger partial charge in [-0.2, -0.15) is 14.6 Å². The Morgan fingerprint density at radius 3 is 2.55 bits per heavy atom. The molecule has 10 heteroatoms. The highest BCUT2D eigenvalue weighted by atomic mass is 32.2. The molecule has 0 radical (unpaired) electrons. The van der Waals surface area contributed by atoms with E-state index in [2.05, 4.69) is 14.7 Å². The topological polar surface area (TPSA) is 122 Å². The van der Waals surface area contributed by atoms with Crippen molar-refractivity contribution in [1.29, 1.82) is 5.26 Å². The predicted molar refractivity (Wildman–Crippen MR) is 117 cm³/mol. The maximum atomic E-state index is 12.4. The van der Waals surface area contributed by atoms with E-state index in [1.165, 1.54) is 13.0 Å². The molecule has 1 aromatic heterocycles. The molecule has 1 amide bonds. The summed E-state index contributed by atoms with van der Waals surface area (Å²) in [6.45, 7) is 1.91. The van der Waals surface area contributed by atoms with Gasteiger partial charge in [-0.1, -0.05) is 49.4 Å². The van der Waals surface area contributed by atoms with Gasteiger partial charge in [0.15, 0.2) is 0 Å². The molecule has 0 atom stereocenters. The number of benzene rings is 2. The molecular formula is C21H18N4O4S2. The van der Waals surface area contributed by atoms with E-state index in [-0.39, 0.29) is 21.6 Å². The highest BCUT2D eigenvalue weighted by Gasteiger charge is 2.20. The van der Waals surface area contributed by atoms with E-state index in [0.29, 0.717) is 17.9 Å². The summed E-state index contributed by atoms with van der Waals surface area (Å²) in [6.07, 6.45) is 1.42. The first kappa shape index (κ1) is 22.1. The lowest BCUT2D eigenvalue weighted by atomic mass is 10.1. The molecule has 3 aromatic rings. The van der Waals surface area contributed by atoms with Crippen molar-refractivity contribution in [3.63, 3.8) is 0 Å². The first-order valence-electron chi connectivity index (χ1n) is 9.17. The van der Waals surface area contributed by atoms with Crippen LogP contribution in [0.25, 0.3) is 6.08 Å². The van der Waals surface area contributed by atoms with E-state index < -0.39 is 15.7 Å². The van der Waals surface area contributed by atoms with Crippen LogP contribution in [-0.2, 0) is 21.2 Å². The van der Waals surface area contributed by atoms with Crippen LogP contribution in [0.15, 0.2) is 65.3 Å². The maximum absolute atomic E-state index is 12.4. The Kier molecular flexibility index (Phi) is 7.12. The number of anilines is 1. The van der Waals surface area contributed by atoms with Crippen LogP contribution in [0, 0.1) is 11.3 Å². The zero-order valence-corrected chi connectivity index (χ0v) is 18.1. The van der Waals surface area contributed by atoms with Crippen LogP contribution < -0.4 is 10.1 Å². The second-order valence-electron chi connectivity index (χ2n) is 6.25. The SMILES string of the molecule is CCS(=O)(=O)c1nsc(NC(=O)/C(C#N)=C\c2ccc(OCc3ccccc3)cc2)n1. The fourth-order valence-corrected chi connectivity index (χ4v) is 3.98. The minimum absolute atomic E-state index is 0.00262. The number of aromatic nitrogens is 2. The second-order valence-corrected chi connectivity index (χ2v) is 9.18. The van der Waals surface area contributed by atoms with E-state index in [4.69, 9.17) is 4.74 Å². The van der Waals surface area contributed by atoms with Crippen LogP contribution in [-0.4, -0.2) is 29.4 Å². The van der Waals surface area contributed by atoms with Gasteiger partial charge in [0, 0.05) is 11.5 Å². The summed E-state index contributed by atoms with van der Waals surface area (Å²) in [5, 5.41) is 11.4. The number of carbonyl (C=O) groups excluding carboxylic acids is 1. The summed E-state index contributed by atoms with van der Waals surface area (Å²) in [5.41, 5.74) is 1.51. The Bertz CT molecular complexity index is 1230. The van der Waals surface area contributed by atoms with Gasteiger partial charge in [-0.05, 0) is 29.3 Å². The number of hydrogen-bond donors (Lipinski definition) is 1. The van der Waals surface area contributed by atoms with Crippen molar-refractivity contribution in [1.82, 2.24) is 9.36 Å². The Morgan fingerprint density at radius 1 is 1.19 bits per heavy atom. The summed E-state index contributed by atoms with van der Waals surface area (Å²) in [6, 6.07) is 18.5. The van der Waals surface area contributed by atoms with Gasteiger partial charge >= 0.3 is 0 Å². The molecular weight excluding hydrogens is 436 g/mol. The minimum Gasteiger partial charge on any atom is -0.489 e. The van der Waals surface area contributed by atoms with Crippen LogP contribution >= 0.6 is 11.5 Å². The molecule has 0 aliphatic heterocycles. The van der Waals surface area contributed by atoms with E-state index in [1.54, 1.807) is 24.3 Å². The summed E-state index contributed by atoms with van der Waals surface area (Å²) in [4.78, 5) is 16.2. The third-order valence-corrected chi connectivity index (χ3v) is 6.34. The molecule has 8 nitrogen and oxygen atoms in total. The Balaban J connectivity index is 1.65. The summed E-state index contributed by atoms with van der Waals surface area (Å²) < 4.78 is 33.0. The van der Waals surface area contributed by atoms with Gasteiger partial charge < -0.3 is 4.74 Å². The van der Waals surface area contributed by atoms with Crippen molar-refractivity contribution in [3.8, 4) is 11.8 Å². The summed E-state index contributed by atoms with van der Waals surface area (Å²) in [5.74, 6) is -0.197. The molecule has 0 saturated heterocycles. The first-order valence-corrected chi connectivity index (χ1v) is 11.6. The fraction of sp³-hybridized carbons (Fsp3) is 0.143. The number of amides is 1. The lowest BCUT2D eigenvalue weighted by molar-refractivity contribution is -0.112. The standard InChI is InChI=1S/C21H18N4O4S2/c1-2-31(27,28)21-24-20(30-25-21)23-19(26)17(13-22)12-15-8-10-18(11-9-15)29-14-16-6-4-3-5-7-16/h3-12H,2,14H2,1H3,(H,23,24,25,26)/b17-12-. The molecule has 31 heavy (non-hydrogen) atoms. The predicted octanol–water partition coefficient (Wildman–Crippen LogP) is 3.46. The number of rotatable bonds is 8. The van der Waals surface area contributed by atoms with Crippen molar-refractivity contribution in [2.24, 2.45) is 0 Å². The average molecular weight is 455 g/mol. The van der Waals surface area contributed by atoms with Crippen LogP contribution in [0.4, 0.5) is 5.13 Å². The van der Waals surface area contributed by atoms with Crippen molar-refractivity contribution < 1.29 is 17.9 Å². The van der Waals surface area contributed by atoms with Crippen molar-refractivity contribution >= 4 is 38.5 Å². The molecule has 0 bridgehead atoms. The molecule has 3 rings (SSSR count). The highest BCUT2D eigenvalue weighted by molar-refractivity contribution is 7.91. The molecule has 0 saturated carbocycles. The Labute approximate surface area is 183 Å². The number of nitriles is 1. The third-order valence-electron chi connectivity index (χ3n) is 4.09. The van der Waals surface area contributed by atoms with Crippen molar-refractivity contribution in [2.75, 3.05) is 11.1 Å². The largest absolute Gasteiger partial charge is 0.489 e. The molecule has 1 N–H and O–H groups in total. The maximum Gasteiger partial charge on any atom is 0.268 e. The van der Waals surface area contributed by atoms with Gasteiger partial charge in [0.05, 0.1) is 5.75 Å². The summed E-state index contributed by atoms with van der Waals surface area (Å²) >= 11 is 0.734. The number of hydrogen-bond acceptors (Lipinski definition) is 8. The van der Waals surface area contributed by atoms with Gasteiger partial charge in [0.25, 0.3) is 11.1 Å². The van der Waals surface area contributed by atoms with Crippen molar-refractivity contribution in [3.05, 3.63) is 71.3 Å². The van der Waals surface area contributed by atoms with E-state index >= 15 is 0 Å². The van der Waals surface area contributed by atoms with Gasteiger partial charge in [-0.15, -0.1) is 0 Å². The average Bonchev–Trinajstić information content (AvgIpc) is 3.27. The zero-order chi connectivity index (χ0) is 22.3. The molecule has 2 aromatic carbocycles. The van der Waals surface area contributed by atoms with Crippen LogP contribution in [0.1, 0.15) is 18.1 Å². The normalized spacial score (nSPS) is 11.5. The third kappa shape index (κ3) is 5.97. The number of carbonyl (C=O) groups is 1. The smallest absolute Gasteiger partial charge is 0.268 e. The number of nitrogens with one attached hydrogen (secondary N) is 1. The molecule has 0 spiro atoms. The van der Waals surface area contributed by atoms with Crippen LogP contribution in [0.5, 0.6) is 5.75 Å². The van der Waals surface area contributed by atoms with Gasteiger partial charge in [0.1, 0.15) is 24.0 Å². The lowest BCUT2D eigenvalue weighted by Crippen LogP contribution is -2.13. The molecule has 0 unspecified atom stereocenters. The lowest BCUT2D eigenvalue weighted by Gasteiger charge is -2.06. The first-order chi connectivity index (χ1) is 14.9. The van der Waals surface area contributed by atoms with Gasteiger partial charge in [-0.25, -0.2) is 8.42 Å². The Morgan fingerprint density at radius 2 is 1.90 bits per heavy atom. The molecule has 0 aliphatic carbocycles. The highest BCUT2D eigenvalue weighted by Crippen LogP contribution is 2.19. The van der Waals surface area contributed by atoms with E-state index in [9.17, 15) is 18.5 Å². The monoisotopic (exact) mass is 454 g/mol. The number of ether oxygens (including phenoxy) is 1. The Hall–Kier alpha value is -3.55. The van der Waals surface area contributed by atoms with Crippen LogP contribution in [0.2, 0.25) is 0 Å². The molecule has 0 fully saturated rings. The van der Waals surface area contributed by atoms with Crippen LogP contribution in [0.3, 0.4) is 0 Å². The second kappa shape index (κ2) is 9.97.